The predicted molar refractivity (Wildman–Crippen MR) is 224 cm³/mol. The molecule has 302 valence electrons. The van der Waals surface area contributed by atoms with Crippen molar-refractivity contribution in [1.29, 1.82) is 0 Å². The van der Waals surface area contributed by atoms with Crippen molar-refractivity contribution in [2.45, 2.75) is 64.1 Å². The van der Waals surface area contributed by atoms with Gasteiger partial charge in [0.25, 0.3) is 0 Å². The molecule has 14 nitrogen and oxygen atoms in total. The number of phenolic OH excluding ortho intramolecular Hbond substituents is 1. The van der Waals surface area contributed by atoms with E-state index in [0.29, 0.717) is 61.1 Å². The van der Waals surface area contributed by atoms with E-state index in [-0.39, 0.29) is 41.6 Å². The number of urea groups is 2. The molecule has 6 amide bonds. The standard InChI is InChI=1S/C25H33Br2N5O3.C15H20N4O2/c1-17(14-18-15-20(26)23(33)21(27)16-18)24(34)30-22(4-2-3-7-28)25(35)32-12-10-31(11-13-32)19-5-8-29-9-6-19;1-16-14(20)18-8-6-12(7-9-18)19-10-11-4-2-3-5-13(11)17-15(19)21/h5-6,8-9,15-17,22,33H,2-4,7,10-14,28H2,1H3,(H,30,34);2-5,12H,6-10H2,1H3,(H,16,20)(H,17,21)/t17-,22+;/m1./s1. The number of piperidine rings is 1. The van der Waals surface area contributed by atoms with Crippen LogP contribution >= 0.6 is 31.9 Å². The molecule has 1 aromatic heterocycles. The van der Waals surface area contributed by atoms with E-state index >= 15 is 0 Å². The van der Waals surface area contributed by atoms with Crippen LogP contribution in [0.2, 0.25) is 0 Å². The fourth-order valence-corrected chi connectivity index (χ4v) is 8.54. The Morgan fingerprint density at radius 2 is 1.62 bits per heavy atom. The molecule has 4 heterocycles. The molecule has 2 fully saturated rings. The molecule has 2 saturated heterocycles. The highest BCUT2D eigenvalue weighted by atomic mass is 79.9. The van der Waals surface area contributed by atoms with Gasteiger partial charge >= 0.3 is 12.1 Å². The van der Waals surface area contributed by atoms with Crippen LogP contribution in [0.15, 0.2) is 69.9 Å². The molecule has 3 aromatic rings. The number of fused-ring (bicyclic) bond motifs is 1. The van der Waals surface area contributed by atoms with E-state index in [4.69, 9.17) is 5.73 Å². The Hall–Kier alpha value is -4.41. The number of phenols is 1. The molecule has 6 N–H and O–H groups in total. The largest absolute Gasteiger partial charge is 0.506 e. The van der Waals surface area contributed by atoms with E-state index in [0.717, 1.165) is 61.3 Å². The number of para-hydroxylation sites is 1. The third-order valence-corrected chi connectivity index (χ3v) is 11.7. The minimum atomic E-state index is -0.567. The summed E-state index contributed by atoms with van der Waals surface area (Å²) in [5.74, 6) is -0.411. The molecule has 0 spiro atoms. The molecule has 3 aliphatic heterocycles. The number of aromatic hydroxyl groups is 1. The van der Waals surface area contributed by atoms with E-state index < -0.39 is 6.04 Å². The zero-order valence-electron chi connectivity index (χ0n) is 32.1. The lowest BCUT2D eigenvalue weighted by Gasteiger charge is -2.40. The zero-order chi connectivity index (χ0) is 40.2. The van der Waals surface area contributed by atoms with E-state index in [2.05, 4.69) is 57.7 Å². The zero-order valence-corrected chi connectivity index (χ0v) is 35.2. The molecular formula is C40H53Br2N9O5. The number of benzene rings is 2. The highest BCUT2D eigenvalue weighted by Gasteiger charge is 2.33. The molecule has 0 aliphatic carbocycles. The Morgan fingerprint density at radius 1 is 0.964 bits per heavy atom. The van der Waals surface area contributed by atoms with E-state index in [1.165, 1.54) is 0 Å². The van der Waals surface area contributed by atoms with Crippen LogP contribution < -0.4 is 26.6 Å². The molecule has 6 rings (SSSR count). The number of hydrogen-bond donors (Lipinski definition) is 5. The van der Waals surface area contributed by atoms with Gasteiger partial charge in [-0.05, 0) is 118 Å². The van der Waals surface area contributed by atoms with Gasteiger partial charge in [0, 0.05) is 88.6 Å². The maximum Gasteiger partial charge on any atom is 0.322 e. The monoisotopic (exact) mass is 897 g/mol. The molecule has 2 aromatic carbocycles. The minimum Gasteiger partial charge on any atom is -0.506 e. The summed E-state index contributed by atoms with van der Waals surface area (Å²) in [4.78, 5) is 62.1. The number of piperazine rings is 1. The number of anilines is 2. The number of likely N-dealkylation sites (tertiary alicyclic amines) is 1. The maximum absolute atomic E-state index is 13.4. The number of pyridine rings is 1. The van der Waals surface area contributed by atoms with Crippen molar-refractivity contribution in [2.75, 3.05) is 63.1 Å². The van der Waals surface area contributed by atoms with Gasteiger partial charge in [-0.3, -0.25) is 14.6 Å². The predicted octanol–water partition coefficient (Wildman–Crippen LogP) is 5.29. The second-order valence-corrected chi connectivity index (χ2v) is 16.1. The number of carbonyl (C=O) groups is 4. The molecular weight excluding hydrogens is 846 g/mol. The van der Waals surface area contributed by atoms with Crippen molar-refractivity contribution in [3.63, 3.8) is 0 Å². The number of amides is 6. The number of halogens is 2. The number of nitrogens with zero attached hydrogens (tertiary/aromatic N) is 5. The summed E-state index contributed by atoms with van der Waals surface area (Å²) in [6.45, 7) is 7.11. The van der Waals surface area contributed by atoms with Gasteiger partial charge in [-0.25, -0.2) is 9.59 Å². The highest BCUT2D eigenvalue weighted by molar-refractivity contribution is 9.11. The van der Waals surface area contributed by atoms with Crippen LogP contribution in [0.4, 0.5) is 21.0 Å². The quantitative estimate of drug-likeness (QED) is 0.161. The summed E-state index contributed by atoms with van der Waals surface area (Å²) < 4.78 is 1.13. The van der Waals surface area contributed by atoms with Crippen LogP contribution in [0.5, 0.6) is 5.75 Å². The first-order valence-corrected chi connectivity index (χ1v) is 20.8. The second kappa shape index (κ2) is 20.7. The van der Waals surface area contributed by atoms with Crippen molar-refractivity contribution in [3.8, 4) is 5.75 Å². The summed E-state index contributed by atoms with van der Waals surface area (Å²) in [5.41, 5.74) is 9.71. The van der Waals surface area contributed by atoms with Gasteiger partial charge in [0.15, 0.2) is 0 Å². The van der Waals surface area contributed by atoms with E-state index in [1.54, 1.807) is 36.5 Å². The van der Waals surface area contributed by atoms with Crippen LogP contribution in [0.1, 0.15) is 50.2 Å². The molecule has 2 atom stereocenters. The third-order valence-electron chi connectivity index (χ3n) is 10.5. The lowest BCUT2D eigenvalue weighted by molar-refractivity contribution is -0.137. The average Bonchev–Trinajstić information content (AvgIpc) is 3.22. The maximum atomic E-state index is 13.4. The van der Waals surface area contributed by atoms with Gasteiger partial charge in [0.2, 0.25) is 11.8 Å². The van der Waals surface area contributed by atoms with Crippen LogP contribution in [0.3, 0.4) is 0 Å². The number of carbonyl (C=O) groups excluding carboxylic acids is 4. The van der Waals surface area contributed by atoms with Gasteiger partial charge in [0.1, 0.15) is 11.8 Å². The molecule has 0 radical (unpaired) electrons. The Balaban J connectivity index is 0.000000242. The first kappa shape index (κ1) is 42.7. The van der Waals surface area contributed by atoms with Gasteiger partial charge in [-0.1, -0.05) is 25.1 Å². The van der Waals surface area contributed by atoms with Crippen LogP contribution in [-0.2, 0) is 22.6 Å². The minimum absolute atomic E-state index is 0.0351. The van der Waals surface area contributed by atoms with Crippen molar-refractivity contribution in [2.24, 2.45) is 11.7 Å². The summed E-state index contributed by atoms with van der Waals surface area (Å²) >= 11 is 6.67. The van der Waals surface area contributed by atoms with Crippen LogP contribution in [0, 0.1) is 5.92 Å². The van der Waals surface area contributed by atoms with E-state index in [9.17, 15) is 24.3 Å². The topological polar surface area (TPSA) is 176 Å². The first-order valence-electron chi connectivity index (χ1n) is 19.2. The van der Waals surface area contributed by atoms with Crippen molar-refractivity contribution in [1.82, 2.24) is 30.3 Å². The van der Waals surface area contributed by atoms with Gasteiger partial charge in [-0.15, -0.1) is 0 Å². The Bertz CT molecular complexity index is 1780. The van der Waals surface area contributed by atoms with Crippen molar-refractivity contribution >= 4 is 67.1 Å². The molecule has 0 saturated carbocycles. The number of unbranched alkanes of at least 4 members (excludes halogenated alkanes) is 1. The average molecular weight is 900 g/mol. The number of aromatic nitrogens is 1. The lowest BCUT2D eigenvalue weighted by Crippen LogP contribution is -2.55. The number of rotatable bonds is 11. The van der Waals surface area contributed by atoms with Crippen molar-refractivity contribution < 1.29 is 24.3 Å². The summed E-state index contributed by atoms with van der Waals surface area (Å²) in [5, 5.41) is 18.5. The molecule has 56 heavy (non-hydrogen) atoms. The number of hydrogen-bond acceptors (Lipinski definition) is 8. The fraction of sp³-hybridized carbons (Fsp3) is 0.475. The SMILES string of the molecule is CNC(=O)N1CCC(N2Cc3ccccc3NC2=O)CC1.C[C@H](Cc1cc(Br)c(O)c(Br)c1)C(=O)N[C@@H](CCCCN)C(=O)N1CCN(c2ccncc2)CC1. The van der Waals surface area contributed by atoms with Gasteiger partial charge < -0.3 is 46.4 Å². The highest BCUT2D eigenvalue weighted by Crippen LogP contribution is 2.34. The smallest absolute Gasteiger partial charge is 0.322 e. The lowest BCUT2D eigenvalue weighted by atomic mass is 9.99. The van der Waals surface area contributed by atoms with Crippen LogP contribution in [0.25, 0.3) is 0 Å². The summed E-state index contributed by atoms with van der Waals surface area (Å²) in [7, 11) is 1.64. The molecule has 16 heteroatoms. The Morgan fingerprint density at radius 3 is 2.27 bits per heavy atom. The van der Waals surface area contributed by atoms with Gasteiger partial charge in [0.05, 0.1) is 8.95 Å². The molecule has 0 bridgehead atoms. The van der Waals surface area contributed by atoms with Crippen molar-refractivity contribution in [3.05, 3.63) is 81.0 Å². The molecule has 0 unspecified atom stereocenters. The molecule has 3 aliphatic rings. The summed E-state index contributed by atoms with van der Waals surface area (Å²) in [6.07, 6.45) is 7.81. The van der Waals surface area contributed by atoms with E-state index in [1.807, 2.05) is 53.1 Å². The normalized spacial score (nSPS) is 16.8. The fourth-order valence-electron chi connectivity index (χ4n) is 7.26. The number of nitrogens with one attached hydrogen (secondary N) is 3. The number of nitrogens with two attached hydrogens (primary N) is 1. The van der Waals surface area contributed by atoms with Gasteiger partial charge in [-0.2, -0.15) is 0 Å². The Kier molecular flexibility index (Phi) is 15.8. The Labute approximate surface area is 345 Å². The summed E-state index contributed by atoms with van der Waals surface area (Å²) in [6, 6.07) is 15.0. The third kappa shape index (κ3) is 11.3. The second-order valence-electron chi connectivity index (χ2n) is 14.4. The first-order chi connectivity index (χ1) is 27.0. The van der Waals surface area contributed by atoms with Crippen LogP contribution in [-0.4, -0.2) is 114 Å².